The van der Waals surface area contributed by atoms with Crippen LogP contribution in [0.25, 0.3) is 0 Å². The Morgan fingerprint density at radius 2 is 1.86 bits per heavy atom. The minimum Gasteiger partial charge on any atom is -0.368 e. The zero-order valence-electron chi connectivity index (χ0n) is 12.4. The van der Waals surface area contributed by atoms with Crippen molar-refractivity contribution in [1.82, 2.24) is 20.3 Å². The largest absolute Gasteiger partial charge is 0.368 e. The molecule has 0 aliphatic heterocycles. The Morgan fingerprint density at radius 1 is 1.27 bits per heavy atom. The minimum atomic E-state index is -0.749. The third-order valence-corrected chi connectivity index (χ3v) is 4.55. The van der Waals surface area contributed by atoms with E-state index in [9.17, 15) is 10.1 Å². The lowest BCUT2D eigenvalue weighted by Crippen LogP contribution is -2.50. The molecule has 8 nitrogen and oxygen atoms in total. The molecule has 0 bridgehead atoms. The number of thioether (sulfide) groups is 1. The molecule has 1 fully saturated rings. The van der Waals surface area contributed by atoms with E-state index in [0.717, 1.165) is 31.0 Å². The molecule has 1 atom stereocenters. The first kappa shape index (κ1) is 16.3. The molecule has 0 aromatic carbocycles. The van der Waals surface area contributed by atoms with Crippen molar-refractivity contribution in [2.24, 2.45) is 0 Å². The second-order valence-corrected chi connectivity index (χ2v) is 6.65. The summed E-state index contributed by atoms with van der Waals surface area (Å²) in [6, 6.07) is 2.26. The summed E-state index contributed by atoms with van der Waals surface area (Å²) >= 11 is 1.13. The molecular weight excluding hydrogens is 302 g/mol. The van der Waals surface area contributed by atoms with E-state index < -0.39 is 10.8 Å². The number of carbonyl (C=O) groups is 1. The van der Waals surface area contributed by atoms with E-state index in [4.69, 9.17) is 11.5 Å². The fraction of sp³-hybridized carbons (Fsp3) is 0.615. The van der Waals surface area contributed by atoms with Crippen LogP contribution >= 0.6 is 11.8 Å². The maximum Gasteiger partial charge on any atom is 0.234 e. The van der Waals surface area contributed by atoms with Crippen LogP contribution in [0.3, 0.4) is 0 Å². The van der Waals surface area contributed by atoms with Crippen molar-refractivity contribution in [3.8, 4) is 6.07 Å². The van der Waals surface area contributed by atoms with Crippen LogP contribution in [0.1, 0.15) is 39.0 Å². The number of nitrogens with two attached hydrogens (primary N) is 2. The number of nitriles is 1. The van der Waals surface area contributed by atoms with Gasteiger partial charge in [0.15, 0.2) is 5.16 Å². The zero-order valence-corrected chi connectivity index (χ0v) is 13.2. The van der Waals surface area contributed by atoms with Gasteiger partial charge in [0.1, 0.15) is 5.54 Å². The van der Waals surface area contributed by atoms with Gasteiger partial charge in [0.25, 0.3) is 0 Å². The van der Waals surface area contributed by atoms with Gasteiger partial charge in [-0.05, 0) is 19.8 Å². The third-order valence-electron chi connectivity index (χ3n) is 3.58. The standard InChI is InChI=1S/C13H19N7OS/c1-8(22-12-18-10(15)17-11(16)19-12)9(21)20-13(7-14)5-3-2-4-6-13/h8H,2-6H2,1H3,(H,20,21)(H4,15,16,17,18,19)/t8-/m0/s1. The summed E-state index contributed by atoms with van der Waals surface area (Å²) in [4.78, 5) is 23.9. The molecule has 2 rings (SSSR count). The van der Waals surface area contributed by atoms with Crippen molar-refractivity contribution < 1.29 is 4.79 Å². The SMILES string of the molecule is C[C@H](Sc1nc(N)nc(N)n1)C(=O)NC1(C#N)CCCCC1. The average Bonchev–Trinajstić information content (AvgIpc) is 2.47. The first-order chi connectivity index (χ1) is 10.4. The normalized spacial score (nSPS) is 18.2. The molecule has 1 amide bonds. The number of rotatable bonds is 4. The summed E-state index contributed by atoms with van der Waals surface area (Å²) in [5.74, 6) is -0.183. The number of amides is 1. The van der Waals surface area contributed by atoms with E-state index in [0.29, 0.717) is 18.0 Å². The molecule has 1 aliphatic carbocycles. The molecule has 1 aromatic rings. The molecule has 0 spiro atoms. The molecule has 5 N–H and O–H groups in total. The van der Waals surface area contributed by atoms with E-state index >= 15 is 0 Å². The number of nitrogens with zero attached hydrogens (tertiary/aromatic N) is 4. The van der Waals surface area contributed by atoms with Crippen LogP contribution in [0.2, 0.25) is 0 Å². The lowest BCUT2D eigenvalue weighted by molar-refractivity contribution is -0.121. The zero-order chi connectivity index (χ0) is 16.2. The molecule has 1 aromatic heterocycles. The Balaban J connectivity index is 2.01. The van der Waals surface area contributed by atoms with E-state index in [1.807, 2.05) is 0 Å². The van der Waals surface area contributed by atoms with Crippen LogP contribution in [0.4, 0.5) is 11.9 Å². The highest BCUT2D eigenvalue weighted by Gasteiger charge is 2.35. The van der Waals surface area contributed by atoms with Crippen LogP contribution in [-0.2, 0) is 4.79 Å². The molecule has 0 saturated heterocycles. The van der Waals surface area contributed by atoms with Crippen molar-refractivity contribution in [2.45, 2.75) is 55.0 Å². The lowest BCUT2D eigenvalue weighted by atomic mass is 9.83. The Bertz CT molecular complexity index is 574. The summed E-state index contributed by atoms with van der Waals surface area (Å²) in [6.45, 7) is 1.73. The summed E-state index contributed by atoms with van der Waals surface area (Å²) in [5, 5.41) is 12.1. The van der Waals surface area contributed by atoms with Crippen LogP contribution in [0.15, 0.2) is 5.16 Å². The predicted molar refractivity (Wildman–Crippen MR) is 83.5 cm³/mol. The lowest BCUT2D eigenvalue weighted by Gasteiger charge is -2.32. The molecule has 118 valence electrons. The Morgan fingerprint density at radius 3 is 2.41 bits per heavy atom. The molecule has 1 saturated carbocycles. The number of hydrogen-bond donors (Lipinski definition) is 3. The second kappa shape index (κ2) is 6.79. The number of anilines is 2. The van der Waals surface area contributed by atoms with Gasteiger partial charge in [-0.2, -0.15) is 20.2 Å². The first-order valence-electron chi connectivity index (χ1n) is 7.11. The van der Waals surface area contributed by atoms with Gasteiger partial charge in [-0.15, -0.1) is 0 Å². The average molecular weight is 321 g/mol. The van der Waals surface area contributed by atoms with Gasteiger partial charge in [0.05, 0.1) is 11.3 Å². The van der Waals surface area contributed by atoms with Crippen LogP contribution in [0, 0.1) is 11.3 Å². The third kappa shape index (κ3) is 3.98. The van der Waals surface area contributed by atoms with Gasteiger partial charge in [-0.25, -0.2) is 0 Å². The van der Waals surface area contributed by atoms with Crippen molar-refractivity contribution in [3.05, 3.63) is 0 Å². The topological polar surface area (TPSA) is 144 Å². The highest BCUT2D eigenvalue weighted by atomic mass is 32.2. The highest BCUT2D eigenvalue weighted by molar-refractivity contribution is 8.00. The van der Waals surface area contributed by atoms with Gasteiger partial charge in [-0.1, -0.05) is 31.0 Å². The van der Waals surface area contributed by atoms with Gasteiger partial charge < -0.3 is 16.8 Å². The fourth-order valence-corrected chi connectivity index (χ4v) is 3.18. The summed E-state index contributed by atoms with van der Waals surface area (Å²) < 4.78 is 0. The molecule has 22 heavy (non-hydrogen) atoms. The van der Waals surface area contributed by atoms with Crippen molar-refractivity contribution in [1.29, 1.82) is 5.26 Å². The molecule has 1 aliphatic rings. The second-order valence-electron chi connectivity index (χ2n) is 5.34. The first-order valence-corrected chi connectivity index (χ1v) is 7.99. The number of aromatic nitrogens is 3. The van der Waals surface area contributed by atoms with Crippen molar-refractivity contribution in [2.75, 3.05) is 11.5 Å². The van der Waals surface area contributed by atoms with Gasteiger partial charge in [0.2, 0.25) is 17.8 Å². The van der Waals surface area contributed by atoms with Crippen LogP contribution in [0.5, 0.6) is 0 Å². The fourth-order valence-electron chi connectivity index (χ4n) is 2.41. The maximum absolute atomic E-state index is 12.3. The highest BCUT2D eigenvalue weighted by Crippen LogP contribution is 2.29. The van der Waals surface area contributed by atoms with E-state index in [2.05, 4.69) is 26.3 Å². The molecule has 9 heteroatoms. The minimum absolute atomic E-state index is 0.0170. The predicted octanol–water partition coefficient (Wildman–Crippen LogP) is 0.859. The van der Waals surface area contributed by atoms with Crippen molar-refractivity contribution in [3.63, 3.8) is 0 Å². The number of nitrogens with one attached hydrogen (secondary N) is 1. The summed E-state index contributed by atoms with van der Waals surface area (Å²) in [6.07, 6.45) is 4.40. The van der Waals surface area contributed by atoms with Gasteiger partial charge in [0, 0.05) is 0 Å². The van der Waals surface area contributed by atoms with E-state index in [-0.39, 0.29) is 17.8 Å². The molecule has 0 unspecified atom stereocenters. The van der Waals surface area contributed by atoms with Gasteiger partial charge >= 0.3 is 0 Å². The summed E-state index contributed by atoms with van der Waals surface area (Å²) in [7, 11) is 0. The van der Waals surface area contributed by atoms with E-state index in [1.165, 1.54) is 0 Å². The molecule has 0 radical (unpaired) electrons. The molecular formula is C13H19N7OS. The van der Waals surface area contributed by atoms with Crippen LogP contribution < -0.4 is 16.8 Å². The Labute approximate surface area is 133 Å². The number of hydrogen-bond acceptors (Lipinski definition) is 8. The Hall–Kier alpha value is -2.08. The number of nitrogen functional groups attached to an aromatic ring is 2. The monoisotopic (exact) mass is 321 g/mol. The molecule has 1 heterocycles. The quantitative estimate of drug-likeness (QED) is 0.692. The van der Waals surface area contributed by atoms with E-state index in [1.54, 1.807) is 6.92 Å². The van der Waals surface area contributed by atoms with Gasteiger partial charge in [-0.3, -0.25) is 4.79 Å². The summed E-state index contributed by atoms with van der Waals surface area (Å²) in [5.41, 5.74) is 10.3. The Kier molecular flexibility index (Phi) is 5.03. The maximum atomic E-state index is 12.3. The number of carbonyl (C=O) groups excluding carboxylic acids is 1. The van der Waals surface area contributed by atoms with Crippen molar-refractivity contribution >= 4 is 29.6 Å². The smallest absolute Gasteiger partial charge is 0.234 e. The van der Waals surface area contributed by atoms with Crippen LogP contribution in [-0.4, -0.2) is 31.6 Å².